The predicted molar refractivity (Wildman–Crippen MR) is 55.6 cm³/mol. The minimum absolute atomic E-state index is 0.00849. The van der Waals surface area contributed by atoms with Gasteiger partial charge in [0, 0.05) is 12.2 Å². The van der Waals surface area contributed by atoms with Gasteiger partial charge >= 0.3 is 5.97 Å². The molecule has 13 heavy (non-hydrogen) atoms. The Morgan fingerprint density at radius 3 is 2.31 bits per heavy atom. The smallest absolute Gasteiger partial charge is 0.330 e. The first-order valence-corrected chi connectivity index (χ1v) is 6.20. The van der Waals surface area contributed by atoms with Crippen LogP contribution in [0.5, 0.6) is 0 Å². The molecule has 0 bridgehead atoms. The summed E-state index contributed by atoms with van der Waals surface area (Å²) in [5.74, 6) is -0.845. The summed E-state index contributed by atoms with van der Waals surface area (Å²) in [6, 6.07) is 1.42. The van der Waals surface area contributed by atoms with E-state index in [1.54, 1.807) is 19.9 Å². The van der Waals surface area contributed by atoms with E-state index in [0.29, 0.717) is 5.57 Å². The molecular formula is C9H18O3Si. The number of aliphatic carboxylic acids is 1. The SMILES string of the molecule is C/C=C(\C)C(=O)O.C1CC[SiH2]OC1. The van der Waals surface area contributed by atoms with Crippen LogP contribution in [0, 0.1) is 0 Å². The average Bonchev–Trinajstić information content (AvgIpc) is 2.20. The molecule has 0 amide bonds. The molecule has 4 heteroatoms. The van der Waals surface area contributed by atoms with Crippen molar-refractivity contribution in [2.45, 2.75) is 32.7 Å². The molecule has 1 rings (SSSR count). The first-order valence-electron chi connectivity index (χ1n) is 4.62. The van der Waals surface area contributed by atoms with Crippen molar-refractivity contribution in [2.75, 3.05) is 6.61 Å². The second kappa shape index (κ2) is 8.01. The van der Waals surface area contributed by atoms with Crippen LogP contribution in [-0.4, -0.2) is 27.4 Å². The monoisotopic (exact) mass is 202 g/mol. The van der Waals surface area contributed by atoms with Crippen LogP contribution in [0.3, 0.4) is 0 Å². The summed E-state index contributed by atoms with van der Waals surface area (Å²) in [6.07, 6.45) is 4.31. The number of allylic oxidation sites excluding steroid dienone is 1. The van der Waals surface area contributed by atoms with Gasteiger partial charge in [-0.2, -0.15) is 0 Å². The number of carboxylic acid groups (broad SMARTS) is 1. The molecule has 1 N–H and O–H groups in total. The van der Waals surface area contributed by atoms with Crippen LogP contribution in [0.4, 0.5) is 0 Å². The van der Waals surface area contributed by atoms with Gasteiger partial charge in [0.15, 0.2) is 9.76 Å². The Kier molecular flexibility index (Phi) is 7.63. The molecule has 0 atom stereocenters. The lowest BCUT2D eigenvalue weighted by atomic mass is 10.3. The van der Waals surface area contributed by atoms with Crippen molar-refractivity contribution >= 4 is 15.7 Å². The maximum absolute atomic E-state index is 9.86. The lowest BCUT2D eigenvalue weighted by Crippen LogP contribution is -2.06. The lowest BCUT2D eigenvalue weighted by Gasteiger charge is -2.07. The zero-order valence-electron chi connectivity index (χ0n) is 8.38. The zero-order chi connectivity index (χ0) is 10.1. The van der Waals surface area contributed by atoms with Gasteiger partial charge < -0.3 is 9.53 Å². The van der Waals surface area contributed by atoms with Crippen LogP contribution in [0.15, 0.2) is 11.6 Å². The van der Waals surface area contributed by atoms with Gasteiger partial charge in [-0.15, -0.1) is 0 Å². The largest absolute Gasteiger partial charge is 0.478 e. The maximum Gasteiger partial charge on any atom is 0.330 e. The van der Waals surface area contributed by atoms with Gasteiger partial charge in [-0.05, 0) is 26.3 Å². The van der Waals surface area contributed by atoms with Crippen LogP contribution in [0.1, 0.15) is 26.7 Å². The van der Waals surface area contributed by atoms with E-state index in [0.717, 1.165) is 6.61 Å². The Morgan fingerprint density at radius 2 is 2.23 bits per heavy atom. The highest BCUT2D eigenvalue weighted by Crippen LogP contribution is 2.01. The highest BCUT2D eigenvalue weighted by Gasteiger charge is 1.96. The highest BCUT2D eigenvalue weighted by molar-refractivity contribution is 6.27. The normalized spacial score (nSPS) is 19.1. The first kappa shape index (κ1) is 12.4. The molecule has 1 aliphatic rings. The molecule has 0 aliphatic carbocycles. The molecule has 1 saturated heterocycles. The van der Waals surface area contributed by atoms with E-state index in [2.05, 4.69) is 0 Å². The summed E-state index contributed by atoms with van der Waals surface area (Å²) >= 11 is 0. The van der Waals surface area contributed by atoms with E-state index in [-0.39, 0.29) is 9.76 Å². The number of rotatable bonds is 1. The molecule has 0 radical (unpaired) electrons. The number of carbonyl (C=O) groups is 1. The Hall–Kier alpha value is -0.613. The van der Waals surface area contributed by atoms with Crippen molar-refractivity contribution in [2.24, 2.45) is 0 Å². The van der Waals surface area contributed by atoms with Gasteiger partial charge in [-0.3, -0.25) is 0 Å². The van der Waals surface area contributed by atoms with E-state index >= 15 is 0 Å². The van der Waals surface area contributed by atoms with E-state index < -0.39 is 5.97 Å². The van der Waals surface area contributed by atoms with E-state index in [9.17, 15) is 4.79 Å². The first-order chi connectivity index (χ1) is 6.18. The molecule has 0 spiro atoms. The minimum Gasteiger partial charge on any atom is -0.478 e. The van der Waals surface area contributed by atoms with Crippen LogP contribution in [-0.2, 0) is 9.22 Å². The standard InChI is InChI=1S/C5H8O2.C4H10OSi/c1-3-4(2)5(6)7;1-2-4-6-5-3-1/h3H,1-2H3,(H,6,7);1-4,6H2/b4-3+;. The fourth-order valence-corrected chi connectivity index (χ4v) is 1.98. The molecule has 1 heterocycles. The minimum atomic E-state index is -0.845. The summed E-state index contributed by atoms with van der Waals surface area (Å²) in [5, 5.41) is 8.11. The summed E-state index contributed by atoms with van der Waals surface area (Å²) in [4.78, 5) is 9.86. The van der Waals surface area contributed by atoms with Crippen LogP contribution in [0.2, 0.25) is 6.04 Å². The summed E-state index contributed by atoms with van der Waals surface area (Å²) in [6.45, 7) is 4.32. The number of carboxylic acids is 1. The van der Waals surface area contributed by atoms with Crippen molar-refractivity contribution < 1.29 is 14.3 Å². The molecule has 0 aromatic carbocycles. The van der Waals surface area contributed by atoms with Crippen LogP contribution in [0.25, 0.3) is 0 Å². The van der Waals surface area contributed by atoms with Gasteiger partial charge in [0.2, 0.25) is 0 Å². The molecule has 0 unspecified atom stereocenters. The molecule has 0 aromatic rings. The molecule has 3 nitrogen and oxygen atoms in total. The molecular weight excluding hydrogens is 184 g/mol. The van der Waals surface area contributed by atoms with Crippen molar-refractivity contribution in [3.05, 3.63) is 11.6 Å². The van der Waals surface area contributed by atoms with Crippen LogP contribution >= 0.6 is 0 Å². The van der Waals surface area contributed by atoms with Crippen molar-refractivity contribution in [3.63, 3.8) is 0 Å². The number of hydrogen-bond acceptors (Lipinski definition) is 2. The molecule has 1 aliphatic heterocycles. The second-order valence-electron chi connectivity index (χ2n) is 2.95. The zero-order valence-corrected chi connectivity index (χ0v) is 9.79. The maximum atomic E-state index is 9.86. The molecule has 1 fully saturated rings. The average molecular weight is 202 g/mol. The van der Waals surface area contributed by atoms with Crippen molar-refractivity contribution in [3.8, 4) is 0 Å². The summed E-state index contributed by atoms with van der Waals surface area (Å²) in [7, 11) is 0.00849. The summed E-state index contributed by atoms with van der Waals surface area (Å²) in [5.41, 5.74) is 0.389. The molecule has 0 saturated carbocycles. The van der Waals surface area contributed by atoms with E-state index in [4.69, 9.17) is 9.53 Å². The summed E-state index contributed by atoms with van der Waals surface area (Å²) < 4.78 is 5.21. The van der Waals surface area contributed by atoms with Gasteiger partial charge in [-0.1, -0.05) is 12.5 Å². The second-order valence-corrected chi connectivity index (χ2v) is 4.47. The third-order valence-corrected chi connectivity index (χ3v) is 3.21. The predicted octanol–water partition coefficient (Wildman–Crippen LogP) is 1.34. The van der Waals surface area contributed by atoms with Gasteiger partial charge in [0.25, 0.3) is 0 Å². The molecule has 0 aromatic heterocycles. The number of hydrogen-bond donors (Lipinski definition) is 1. The lowest BCUT2D eigenvalue weighted by molar-refractivity contribution is -0.132. The highest BCUT2D eigenvalue weighted by atomic mass is 28.2. The van der Waals surface area contributed by atoms with Gasteiger partial charge in [0.1, 0.15) is 0 Å². The van der Waals surface area contributed by atoms with Crippen LogP contribution < -0.4 is 0 Å². The quantitative estimate of drug-likeness (QED) is 0.515. The van der Waals surface area contributed by atoms with E-state index in [1.807, 2.05) is 0 Å². The fourth-order valence-electron chi connectivity index (χ4n) is 0.811. The fraction of sp³-hybridized carbons (Fsp3) is 0.667. The van der Waals surface area contributed by atoms with Gasteiger partial charge in [-0.25, -0.2) is 4.79 Å². The molecule has 76 valence electrons. The van der Waals surface area contributed by atoms with E-state index in [1.165, 1.54) is 18.9 Å². The third kappa shape index (κ3) is 7.74. The van der Waals surface area contributed by atoms with Crippen molar-refractivity contribution in [1.82, 2.24) is 0 Å². The van der Waals surface area contributed by atoms with Gasteiger partial charge in [0.05, 0.1) is 0 Å². The topological polar surface area (TPSA) is 46.5 Å². The van der Waals surface area contributed by atoms with Crippen molar-refractivity contribution in [1.29, 1.82) is 0 Å². The third-order valence-electron chi connectivity index (χ3n) is 1.85. The Bertz CT molecular complexity index is 162. The Labute approximate surface area is 81.7 Å². The Balaban J connectivity index is 0.000000223. The Morgan fingerprint density at radius 1 is 1.54 bits per heavy atom.